The molecule has 0 saturated heterocycles. The third-order valence-electron chi connectivity index (χ3n) is 3.65. The molecular formula is C17H14N4O3S. The number of methoxy groups -OCH3 is 2. The third kappa shape index (κ3) is 2.87. The van der Waals surface area contributed by atoms with Gasteiger partial charge in [0, 0.05) is 5.56 Å². The van der Waals surface area contributed by atoms with Gasteiger partial charge in [0.05, 0.1) is 24.8 Å². The molecule has 0 fully saturated rings. The number of thiophene rings is 1. The van der Waals surface area contributed by atoms with Gasteiger partial charge in [-0.2, -0.15) is 10.1 Å². The number of nitrogens with zero attached hydrogens (tertiary/aromatic N) is 3. The Morgan fingerprint density at radius 2 is 1.96 bits per heavy atom. The lowest BCUT2D eigenvalue weighted by atomic mass is 10.2. The summed E-state index contributed by atoms with van der Waals surface area (Å²) < 4.78 is 15.9. The first-order chi connectivity index (χ1) is 12.3. The van der Waals surface area contributed by atoms with E-state index in [4.69, 9.17) is 14.0 Å². The molecule has 126 valence electrons. The molecule has 0 aliphatic rings. The molecular weight excluding hydrogens is 340 g/mol. The van der Waals surface area contributed by atoms with E-state index in [1.165, 1.54) is 0 Å². The summed E-state index contributed by atoms with van der Waals surface area (Å²) in [5, 5.41) is 13.3. The van der Waals surface area contributed by atoms with Crippen LogP contribution < -0.4 is 9.47 Å². The van der Waals surface area contributed by atoms with Crippen molar-refractivity contribution in [2.45, 2.75) is 0 Å². The quantitative estimate of drug-likeness (QED) is 0.585. The van der Waals surface area contributed by atoms with Crippen molar-refractivity contribution in [1.29, 1.82) is 0 Å². The lowest BCUT2D eigenvalue weighted by Gasteiger charge is -2.07. The minimum Gasteiger partial charge on any atom is -0.493 e. The summed E-state index contributed by atoms with van der Waals surface area (Å²) in [6, 6.07) is 11.3. The van der Waals surface area contributed by atoms with Crippen LogP contribution in [0.1, 0.15) is 0 Å². The van der Waals surface area contributed by atoms with Crippen LogP contribution in [0, 0.1) is 0 Å². The highest BCUT2D eigenvalue weighted by Crippen LogP contribution is 2.32. The van der Waals surface area contributed by atoms with Crippen LogP contribution in [0.5, 0.6) is 11.5 Å². The Kier molecular flexibility index (Phi) is 3.95. The van der Waals surface area contributed by atoms with Crippen LogP contribution in [0.3, 0.4) is 0 Å². The van der Waals surface area contributed by atoms with E-state index in [0.29, 0.717) is 28.9 Å². The highest BCUT2D eigenvalue weighted by atomic mass is 32.1. The average molecular weight is 354 g/mol. The highest BCUT2D eigenvalue weighted by molar-refractivity contribution is 7.13. The van der Waals surface area contributed by atoms with E-state index >= 15 is 0 Å². The van der Waals surface area contributed by atoms with Crippen molar-refractivity contribution < 1.29 is 14.0 Å². The normalized spacial score (nSPS) is 10.8. The molecule has 0 radical (unpaired) electrons. The van der Waals surface area contributed by atoms with Crippen LogP contribution in [0.2, 0.25) is 0 Å². The zero-order valence-corrected chi connectivity index (χ0v) is 14.3. The smallest absolute Gasteiger partial charge is 0.278 e. The summed E-state index contributed by atoms with van der Waals surface area (Å²) in [5.74, 6) is 2.05. The summed E-state index contributed by atoms with van der Waals surface area (Å²) in [7, 11) is 3.17. The SMILES string of the molecule is COc1ccc(-c2noc(-c3cc(-c4cccs4)[nH]n3)n2)cc1OC. The van der Waals surface area contributed by atoms with Crippen LogP contribution in [0.25, 0.3) is 33.5 Å². The molecule has 1 N–H and O–H groups in total. The molecule has 8 heteroatoms. The van der Waals surface area contributed by atoms with Crippen molar-refractivity contribution in [2.24, 2.45) is 0 Å². The minimum absolute atomic E-state index is 0.351. The molecule has 4 rings (SSSR count). The number of H-pyrrole nitrogens is 1. The van der Waals surface area contributed by atoms with Crippen molar-refractivity contribution in [3.05, 3.63) is 41.8 Å². The fourth-order valence-electron chi connectivity index (χ4n) is 2.41. The number of aromatic amines is 1. The van der Waals surface area contributed by atoms with Crippen LogP contribution in [0.15, 0.2) is 46.3 Å². The molecule has 0 aliphatic heterocycles. The number of aromatic nitrogens is 4. The topological polar surface area (TPSA) is 86.1 Å². The van der Waals surface area contributed by atoms with Gasteiger partial charge in [0.15, 0.2) is 17.2 Å². The van der Waals surface area contributed by atoms with E-state index < -0.39 is 0 Å². The molecule has 0 saturated carbocycles. The predicted molar refractivity (Wildman–Crippen MR) is 93.7 cm³/mol. The number of rotatable bonds is 5. The van der Waals surface area contributed by atoms with Crippen LogP contribution in [0.4, 0.5) is 0 Å². The van der Waals surface area contributed by atoms with E-state index in [1.54, 1.807) is 37.7 Å². The Bertz CT molecular complexity index is 991. The Morgan fingerprint density at radius 3 is 2.72 bits per heavy atom. The van der Waals surface area contributed by atoms with Gasteiger partial charge in [-0.3, -0.25) is 5.10 Å². The number of hydrogen-bond donors (Lipinski definition) is 1. The summed E-state index contributed by atoms with van der Waals surface area (Å²) in [5.41, 5.74) is 2.28. The van der Waals surface area contributed by atoms with E-state index in [9.17, 15) is 0 Å². The van der Waals surface area contributed by atoms with Gasteiger partial charge >= 0.3 is 0 Å². The third-order valence-corrected chi connectivity index (χ3v) is 4.55. The van der Waals surface area contributed by atoms with E-state index in [-0.39, 0.29) is 0 Å². The van der Waals surface area contributed by atoms with Gasteiger partial charge in [-0.15, -0.1) is 11.3 Å². The van der Waals surface area contributed by atoms with Crippen LogP contribution >= 0.6 is 11.3 Å². The zero-order chi connectivity index (χ0) is 17.2. The van der Waals surface area contributed by atoms with Crippen molar-refractivity contribution in [3.63, 3.8) is 0 Å². The fourth-order valence-corrected chi connectivity index (χ4v) is 3.10. The number of nitrogens with one attached hydrogen (secondary N) is 1. The number of benzene rings is 1. The van der Waals surface area contributed by atoms with E-state index in [0.717, 1.165) is 16.1 Å². The molecule has 0 bridgehead atoms. The van der Waals surface area contributed by atoms with Gasteiger partial charge in [-0.05, 0) is 35.7 Å². The van der Waals surface area contributed by atoms with Gasteiger partial charge in [-0.25, -0.2) is 0 Å². The first kappa shape index (κ1) is 15.4. The van der Waals surface area contributed by atoms with Crippen molar-refractivity contribution in [1.82, 2.24) is 20.3 Å². The maximum Gasteiger partial charge on any atom is 0.278 e. The van der Waals surface area contributed by atoms with Crippen molar-refractivity contribution >= 4 is 11.3 Å². The first-order valence-corrected chi connectivity index (χ1v) is 8.32. The largest absolute Gasteiger partial charge is 0.493 e. The summed E-state index contributed by atoms with van der Waals surface area (Å²) in [6.07, 6.45) is 0. The molecule has 25 heavy (non-hydrogen) atoms. The molecule has 7 nitrogen and oxygen atoms in total. The molecule has 0 amide bonds. The number of hydrogen-bond acceptors (Lipinski definition) is 7. The summed E-state index contributed by atoms with van der Waals surface area (Å²) >= 11 is 1.63. The summed E-state index contributed by atoms with van der Waals surface area (Å²) in [4.78, 5) is 5.52. The molecule has 1 aromatic carbocycles. The molecule has 0 unspecified atom stereocenters. The lowest BCUT2D eigenvalue weighted by Crippen LogP contribution is -1.91. The average Bonchev–Trinajstić information content (AvgIpc) is 3.41. The second kappa shape index (κ2) is 6.40. The van der Waals surface area contributed by atoms with Crippen molar-refractivity contribution in [2.75, 3.05) is 14.2 Å². The summed E-state index contributed by atoms with van der Waals surface area (Å²) in [6.45, 7) is 0. The van der Waals surface area contributed by atoms with Gasteiger partial charge in [0.25, 0.3) is 5.89 Å². The maximum atomic E-state index is 5.35. The van der Waals surface area contributed by atoms with Gasteiger partial charge in [0.1, 0.15) is 0 Å². The lowest BCUT2D eigenvalue weighted by molar-refractivity contribution is 0.355. The second-order valence-electron chi connectivity index (χ2n) is 5.14. The standard InChI is InChI=1S/C17H14N4O3S/c1-22-13-6-5-10(8-14(13)23-2)16-18-17(24-21-16)12-9-11(19-20-12)15-4-3-7-25-15/h3-9H,1-2H3,(H,19,20). The second-order valence-corrected chi connectivity index (χ2v) is 6.08. The molecule has 0 aliphatic carbocycles. The van der Waals surface area contributed by atoms with Gasteiger partial charge < -0.3 is 14.0 Å². The number of ether oxygens (including phenoxy) is 2. The molecule has 3 heterocycles. The van der Waals surface area contributed by atoms with Crippen molar-refractivity contribution in [3.8, 4) is 45.0 Å². The molecule has 0 atom stereocenters. The van der Waals surface area contributed by atoms with E-state index in [1.807, 2.05) is 29.6 Å². The fraction of sp³-hybridized carbons (Fsp3) is 0.118. The zero-order valence-electron chi connectivity index (χ0n) is 13.5. The highest BCUT2D eigenvalue weighted by Gasteiger charge is 2.16. The van der Waals surface area contributed by atoms with Gasteiger partial charge in [0.2, 0.25) is 5.82 Å². The Labute approximate surface area is 147 Å². The van der Waals surface area contributed by atoms with Crippen LogP contribution in [-0.4, -0.2) is 34.6 Å². The Balaban J connectivity index is 1.64. The Morgan fingerprint density at radius 1 is 1.08 bits per heavy atom. The molecule has 3 aromatic heterocycles. The van der Waals surface area contributed by atoms with Crippen LogP contribution in [-0.2, 0) is 0 Å². The minimum atomic E-state index is 0.351. The monoisotopic (exact) mass is 354 g/mol. The Hall–Kier alpha value is -3.13. The molecule has 4 aromatic rings. The molecule has 0 spiro atoms. The first-order valence-electron chi connectivity index (χ1n) is 7.44. The predicted octanol–water partition coefficient (Wildman–Crippen LogP) is 3.87. The van der Waals surface area contributed by atoms with Gasteiger partial charge in [-0.1, -0.05) is 11.2 Å². The maximum absolute atomic E-state index is 5.35. The van der Waals surface area contributed by atoms with E-state index in [2.05, 4.69) is 20.3 Å².